The summed E-state index contributed by atoms with van der Waals surface area (Å²) in [4.78, 5) is 21.8. The molecule has 1 unspecified atom stereocenters. The molecule has 1 atom stereocenters. The highest BCUT2D eigenvalue weighted by molar-refractivity contribution is 7.99. The summed E-state index contributed by atoms with van der Waals surface area (Å²) in [5, 5.41) is 11.3. The zero-order chi connectivity index (χ0) is 11.3. The number of aliphatic carboxylic acids is 1. The van der Waals surface area contributed by atoms with Crippen molar-refractivity contribution in [2.75, 3.05) is 11.5 Å². The number of carbonyl (C=O) groups excluding carboxylic acids is 1. The van der Waals surface area contributed by atoms with Crippen LogP contribution in [0, 0.1) is 0 Å². The summed E-state index contributed by atoms with van der Waals surface area (Å²) < 4.78 is 0. The highest BCUT2D eigenvalue weighted by atomic mass is 32.2. The molecule has 1 aliphatic rings. The van der Waals surface area contributed by atoms with E-state index in [1.54, 1.807) is 0 Å². The van der Waals surface area contributed by atoms with E-state index in [9.17, 15) is 9.59 Å². The molecule has 86 valence electrons. The van der Waals surface area contributed by atoms with E-state index < -0.39 is 12.0 Å². The van der Waals surface area contributed by atoms with E-state index in [4.69, 9.17) is 10.8 Å². The maximum Gasteiger partial charge on any atom is 0.305 e. The predicted molar refractivity (Wildman–Crippen MR) is 58.7 cm³/mol. The first kappa shape index (κ1) is 12.3. The first-order chi connectivity index (χ1) is 7.09. The highest BCUT2D eigenvalue weighted by Crippen LogP contribution is 2.16. The predicted octanol–water partition coefficient (Wildman–Crippen LogP) is -0.200. The first-order valence-electron chi connectivity index (χ1n) is 4.95. The fourth-order valence-corrected chi connectivity index (χ4v) is 2.54. The second-order valence-corrected chi connectivity index (χ2v) is 4.82. The molecule has 0 saturated carbocycles. The topological polar surface area (TPSA) is 92.4 Å². The molecule has 0 radical (unpaired) electrons. The minimum absolute atomic E-state index is 0.165. The molecule has 1 aliphatic heterocycles. The van der Waals surface area contributed by atoms with Crippen LogP contribution in [0.2, 0.25) is 0 Å². The first-order valence-corrected chi connectivity index (χ1v) is 6.10. The van der Waals surface area contributed by atoms with Gasteiger partial charge in [-0.15, -0.1) is 0 Å². The Hall–Kier alpha value is -0.750. The van der Waals surface area contributed by atoms with E-state index in [-0.39, 0.29) is 18.4 Å². The highest BCUT2D eigenvalue weighted by Gasteiger charge is 2.21. The molecule has 6 heteroatoms. The number of carbonyl (C=O) groups is 2. The maximum absolute atomic E-state index is 11.4. The molecule has 15 heavy (non-hydrogen) atoms. The Balaban J connectivity index is 2.30. The van der Waals surface area contributed by atoms with E-state index >= 15 is 0 Å². The van der Waals surface area contributed by atoms with Gasteiger partial charge in [-0.1, -0.05) is 0 Å². The molecule has 1 rings (SSSR count). The van der Waals surface area contributed by atoms with Gasteiger partial charge in [-0.05, 0) is 24.3 Å². The summed E-state index contributed by atoms with van der Waals surface area (Å²) in [5.74, 6) is 0.684. The maximum atomic E-state index is 11.4. The largest absolute Gasteiger partial charge is 0.481 e. The van der Waals surface area contributed by atoms with Gasteiger partial charge >= 0.3 is 5.97 Å². The average molecular weight is 232 g/mol. The number of amides is 1. The molecule has 0 bridgehead atoms. The lowest BCUT2D eigenvalue weighted by Crippen LogP contribution is -2.47. The summed E-state index contributed by atoms with van der Waals surface area (Å²) in [6, 6.07) is -0.768. The number of nitrogens with one attached hydrogen (secondary N) is 1. The third kappa shape index (κ3) is 4.53. The third-order valence-corrected chi connectivity index (χ3v) is 3.35. The van der Waals surface area contributed by atoms with Crippen LogP contribution < -0.4 is 11.1 Å². The molecule has 0 aromatic heterocycles. The fourth-order valence-electron chi connectivity index (χ4n) is 1.43. The van der Waals surface area contributed by atoms with Crippen molar-refractivity contribution >= 4 is 23.6 Å². The lowest BCUT2D eigenvalue weighted by molar-refractivity contribution is -0.139. The number of carboxylic acid groups (broad SMARTS) is 1. The van der Waals surface area contributed by atoms with Crippen LogP contribution >= 0.6 is 11.8 Å². The minimum atomic E-state index is -1.04. The molecule has 0 spiro atoms. The molecule has 1 saturated heterocycles. The minimum Gasteiger partial charge on any atom is -0.481 e. The molecule has 1 fully saturated rings. The van der Waals surface area contributed by atoms with Crippen molar-refractivity contribution in [3.63, 3.8) is 0 Å². The Morgan fingerprint density at radius 3 is 2.60 bits per heavy atom. The zero-order valence-electron chi connectivity index (χ0n) is 8.44. The van der Waals surface area contributed by atoms with E-state index in [0.717, 1.165) is 24.3 Å². The van der Waals surface area contributed by atoms with Crippen LogP contribution in [0.15, 0.2) is 0 Å². The van der Waals surface area contributed by atoms with E-state index in [1.807, 2.05) is 11.8 Å². The molecule has 0 aromatic rings. The van der Waals surface area contributed by atoms with Crippen LogP contribution in [0.3, 0.4) is 0 Å². The monoisotopic (exact) mass is 232 g/mol. The van der Waals surface area contributed by atoms with Gasteiger partial charge in [0.05, 0.1) is 12.5 Å². The van der Waals surface area contributed by atoms with Crippen molar-refractivity contribution in [2.24, 2.45) is 5.73 Å². The normalized spacial score (nSPS) is 19.5. The van der Waals surface area contributed by atoms with Gasteiger partial charge in [0.25, 0.3) is 0 Å². The molecule has 0 aliphatic carbocycles. The molecule has 1 amide bonds. The smallest absolute Gasteiger partial charge is 0.305 e. The van der Waals surface area contributed by atoms with Gasteiger partial charge < -0.3 is 16.2 Å². The molecule has 1 heterocycles. The second kappa shape index (κ2) is 5.97. The lowest BCUT2D eigenvalue weighted by atomic mass is 10.1. The lowest BCUT2D eigenvalue weighted by Gasteiger charge is -2.23. The SMILES string of the molecule is NC(CC(=O)O)C(=O)NC1CCSCC1. The number of rotatable bonds is 4. The average Bonchev–Trinajstić information content (AvgIpc) is 2.18. The van der Waals surface area contributed by atoms with Crippen LogP contribution in [0.1, 0.15) is 19.3 Å². The Bertz CT molecular complexity index is 242. The summed E-state index contributed by atoms with van der Waals surface area (Å²) >= 11 is 1.87. The van der Waals surface area contributed by atoms with Crippen LogP contribution in [0.25, 0.3) is 0 Å². The molecule has 5 nitrogen and oxygen atoms in total. The van der Waals surface area contributed by atoms with Crippen molar-refractivity contribution in [3.05, 3.63) is 0 Å². The van der Waals surface area contributed by atoms with Crippen molar-refractivity contribution in [3.8, 4) is 0 Å². The molecular formula is C9H16N2O3S. The Morgan fingerprint density at radius 1 is 1.47 bits per heavy atom. The fraction of sp³-hybridized carbons (Fsp3) is 0.778. The van der Waals surface area contributed by atoms with E-state index in [0.29, 0.717) is 0 Å². The van der Waals surface area contributed by atoms with Gasteiger partial charge in [0, 0.05) is 6.04 Å². The van der Waals surface area contributed by atoms with Gasteiger partial charge in [0.15, 0.2) is 0 Å². The van der Waals surface area contributed by atoms with Crippen LogP contribution in [-0.2, 0) is 9.59 Å². The molecule has 4 N–H and O–H groups in total. The number of hydrogen-bond donors (Lipinski definition) is 3. The van der Waals surface area contributed by atoms with Gasteiger partial charge in [0.1, 0.15) is 0 Å². The van der Waals surface area contributed by atoms with Crippen LogP contribution in [0.5, 0.6) is 0 Å². The van der Waals surface area contributed by atoms with Gasteiger partial charge in [-0.2, -0.15) is 11.8 Å². The van der Waals surface area contributed by atoms with Crippen LogP contribution in [0.4, 0.5) is 0 Å². The third-order valence-electron chi connectivity index (χ3n) is 2.30. The van der Waals surface area contributed by atoms with E-state index in [1.165, 1.54) is 0 Å². The second-order valence-electron chi connectivity index (χ2n) is 3.60. The summed E-state index contributed by atoms with van der Waals surface area (Å²) in [5.41, 5.74) is 5.44. The quantitative estimate of drug-likeness (QED) is 0.624. The van der Waals surface area contributed by atoms with Gasteiger partial charge in [0.2, 0.25) is 5.91 Å². The van der Waals surface area contributed by atoms with Crippen molar-refractivity contribution in [1.29, 1.82) is 0 Å². The van der Waals surface area contributed by atoms with Crippen molar-refractivity contribution in [2.45, 2.75) is 31.3 Å². The van der Waals surface area contributed by atoms with Crippen molar-refractivity contribution in [1.82, 2.24) is 5.32 Å². The number of hydrogen-bond acceptors (Lipinski definition) is 4. The summed E-state index contributed by atoms with van der Waals surface area (Å²) in [6.07, 6.45) is 1.57. The van der Waals surface area contributed by atoms with Gasteiger partial charge in [-0.3, -0.25) is 9.59 Å². The zero-order valence-corrected chi connectivity index (χ0v) is 9.26. The molecular weight excluding hydrogens is 216 g/mol. The van der Waals surface area contributed by atoms with Crippen molar-refractivity contribution < 1.29 is 14.7 Å². The van der Waals surface area contributed by atoms with Gasteiger partial charge in [-0.25, -0.2) is 0 Å². The Kier molecular flexibility index (Phi) is 4.90. The number of nitrogens with two attached hydrogens (primary N) is 1. The number of thioether (sulfide) groups is 1. The Morgan fingerprint density at radius 2 is 2.07 bits per heavy atom. The standard InChI is InChI=1S/C9H16N2O3S/c10-7(5-8(12)13)9(14)11-6-1-3-15-4-2-6/h6-7H,1-5,10H2,(H,11,14)(H,12,13). The molecule has 0 aromatic carbocycles. The van der Waals surface area contributed by atoms with Crippen LogP contribution in [-0.4, -0.2) is 40.6 Å². The van der Waals surface area contributed by atoms with E-state index in [2.05, 4.69) is 5.32 Å². The summed E-state index contributed by atoms with van der Waals surface area (Å²) in [6.45, 7) is 0. The summed E-state index contributed by atoms with van der Waals surface area (Å²) in [7, 11) is 0. The Labute approximate surface area is 92.8 Å². The number of carboxylic acids is 1.